The molecule has 0 bridgehead atoms. The Morgan fingerprint density at radius 2 is 2.12 bits per heavy atom. The number of nitrogens with zero attached hydrogens (tertiary/aromatic N) is 2. The van der Waals surface area contributed by atoms with Crippen molar-refractivity contribution in [2.75, 3.05) is 26.7 Å². The molecule has 1 aliphatic rings. The topological polar surface area (TPSA) is 54.5 Å². The quantitative estimate of drug-likeness (QED) is 0.918. The summed E-state index contributed by atoms with van der Waals surface area (Å²) in [6.45, 7) is 2.63. The van der Waals surface area contributed by atoms with E-state index in [9.17, 15) is 4.79 Å². The molecule has 0 aliphatic carbocycles. The average molecular weight is 325 g/mol. The lowest BCUT2D eigenvalue weighted by atomic mass is 9.97. The smallest absolute Gasteiger partial charge is 0.253 e. The Kier molecular flexibility index (Phi) is 5.43. The standard InChI is InChI=1S/C19H23N3O2/c1-20-12-15-4-3-11-22(14-15)19(23)16-6-8-17(9-7-16)24-18-5-2-10-21-13-18/h2,5-10,13,15,20H,3-4,11-12,14H2,1H3. The minimum atomic E-state index is 0.101. The summed E-state index contributed by atoms with van der Waals surface area (Å²) in [6.07, 6.45) is 5.62. The van der Waals surface area contributed by atoms with Crippen molar-refractivity contribution in [3.05, 3.63) is 54.4 Å². The second-order valence-corrected chi connectivity index (χ2v) is 6.13. The molecule has 1 aromatic carbocycles. The van der Waals surface area contributed by atoms with Crippen molar-refractivity contribution in [3.8, 4) is 11.5 Å². The van der Waals surface area contributed by atoms with E-state index in [1.165, 1.54) is 6.42 Å². The fourth-order valence-electron chi connectivity index (χ4n) is 3.10. The van der Waals surface area contributed by atoms with Gasteiger partial charge in [0, 0.05) is 24.8 Å². The van der Waals surface area contributed by atoms with Gasteiger partial charge in [0.05, 0.1) is 6.20 Å². The lowest BCUT2D eigenvalue weighted by Crippen LogP contribution is -2.42. The molecule has 1 aromatic heterocycles. The summed E-state index contributed by atoms with van der Waals surface area (Å²) in [4.78, 5) is 18.7. The zero-order chi connectivity index (χ0) is 16.8. The van der Waals surface area contributed by atoms with E-state index in [0.29, 0.717) is 23.0 Å². The van der Waals surface area contributed by atoms with Crippen LogP contribution in [0.25, 0.3) is 0 Å². The number of carbonyl (C=O) groups is 1. The van der Waals surface area contributed by atoms with Gasteiger partial charge in [-0.25, -0.2) is 0 Å². The van der Waals surface area contributed by atoms with Crippen LogP contribution in [-0.2, 0) is 0 Å². The fraction of sp³-hybridized carbons (Fsp3) is 0.368. The molecular formula is C19H23N3O2. The molecule has 1 atom stereocenters. The van der Waals surface area contributed by atoms with Crippen LogP contribution in [0, 0.1) is 5.92 Å². The predicted octanol–water partition coefficient (Wildman–Crippen LogP) is 2.95. The molecule has 5 nitrogen and oxygen atoms in total. The summed E-state index contributed by atoms with van der Waals surface area (Å²) in [7, 11) is 1.96. The van der Waals surface area contributed by atoms with Crippen molar-refractivity contribution < 1.29 is 9.53 Å². The number of piperidine rings is 1. The average Bonchev–Trinajstić information content (AvgIpc) is 2.63. The first-order valence-corrected chi connectivity index (χ1v) is 8.38. The maximum absolute atomic E-state index is 12.7. The summed E-state index contributed by atoms with van der Waals surface area (Å²) < 4.78 is 5.71. The van der Waals surface area contributed by atoms with E-state index in [4.69, 9.17) is 4.74 Å². The van der Waals surface area contributed by atoms with Crippen LogP contribution in [0.3, 0.4) is 0 Å². The number of aromatic nitrogens is 1. The SMILES string of the molecule is CNCC1CCCN(C(=O)c2ccc(Oc3cccnc3)cc2)C1. The Hall–Kier alpha value is -2.40. The summed E-state index contributed by atoms with van der Waals surface area (Å²) >= 11 is 0. The van der Waals surface area contributed by atoms with E-state index in [1.807, 2.05) is 48.3 Å². The van der Waals surface area contributed by atoms with Crippen LogP contribution in [-0.4, -0.2) is 42.5 Å². The Morgan fingerprint density at radius 1 is 1.29 bits per heavy atom. The molecular weight excluding hydrogens is 302 g/mol. The largest absolute Gasteiger partial charge is 0.456 e. The van der Waals surface area contributed by atoms with Crippen molar-refractivity contribution in [1.82, 2.24) is 15.2 Å². The predicted molar refractivity (Wildman–Crippen MR) is 93.3 cm³/mol. The van der Waals surface area contributed by atoms with Crippen LogP contribution in [0.2, 0.25) is 0 Å². The van der Waals surface area contributed by atoms with Gasteiger partial charge in [-0.3, -0.25) is 9.78 Å². The highest BCUT2D eigenvalue weighted by Gasteiger charge is 2.24. The number of pyridine rings is 1. The summed E-state index contributed by atoms with van der Waals surface area (Å²) in [5, 5.41) is 3.21. The third-order valence-electron chi connectivity index (χ3n) is 4.27. The second kappa shape index (κ2) is 7.93. The maximum atomic E-state index is 12.7. The Labute approximate surface area is 142 Å². The highest BCUT2D eigenvalue weighted by Crippen LogP contribution is 2.22. The minimum Gasteiger partial charge on any atom is -0.456 e. The highest BCUT2D eigenvalue weighted by molar-refractivity contribution is 5.94. The van der Waals surface area contributed by atoms with Crippen LogP contribution in [0.15, 0.2) is 48.8 Å². The highest BCUT2D eigenvalue weighted by atomic mass is 16.5. The minimum absolute atomic E-state index is 0.101. The number of benzene rings is 1. The fourth-order valence-corrected chi connectivity index (χ4v) is 3.10. The number of hydrogen-bond acceptors (Lipinski definition) is 4. The Bertz CT molecular complexity index is 656. The lowest BCUT2D eigenvalue weighted by molar-refractivity contribution is 0.0674. The van der Waals surface area contributed by atoms with E-state index >= 15 is 0 Å². The number of nitrogens with one attached hydrogen (secondary N) is 1. The van der Waals surface area contributed by atoms with Crippen molar-refractivity contribution in [3.63, 3.8) is 0 Å². The van der Waals surface area contributed by atoms with Gasteiger partial charge >= 0.3 is 0 Å². The molecule has 1 N–H and O–H groups in total. The van der Waals surface area contributed by atoms with Gasteiger partial charge in [0.15, 0.2) is 0 Å². The number of carbonyl (C=O) groups excluding carboxylic acids is 1. The van der Waals surface area contributed by atoms with Gasteiger partial charge in [-0.2, -0.15) is 0 Å². The molecule has 2 aromatic rings. The number of likely N-dealkylation sites (tertiary alicyclic amines) is 1. The zero-order valence-electron chi connectivity index (χ0n) is 13.9. The molecule has 1 aliphatic heterocycles. The van der Waals surface area contributed by atoms with Gasteiger partial charge in [-0.05, 0) is 68.8 Å². The number of amides is 1. The first-order valence-electron chi connectivity index (χ1n) is 8.38. The van der Waals surface area contributed by atoms with Crippen molar-refractivity contribution in [2.45, 2.75) is 12.8 Å². The summed E-state index contributed by atoms with van der Waals surface area (Å²) in [6, 6.07) is 11.0. The van der Waals surface area contributed by atoms with Crippen molar-refractivity contribution >= 4 is 5.91 Å². The second-order valence-electron chi connectivity index (χ2n) is 6.13. The normalized spacial score (nSPS) is 17.5. The molecule has 2 heterocycles. The number of ether oxygens (including phenoxy) is 1. The van der Waals surface area contributed by atoms with E-state index in [-0.39, 0.29) is 5.91 Å². The first-order chi connectivity index (χ1) is 11.8. The molecule has 1 saturated heterocycles. The van der Waals surface area contributed by atoms with Crippen LogP contribution in [0.5, 0.6) is 11.5 Å². The summed E-state index contributed by atoms with van der Waals surface area (Å²) in [5.74, 6) is 2.03. The van der Waals surface area contributed by atoms with E-state index in [2.05, 4.69) is 10.3 Å². The first kappa shape index (κ1) is 16.5. The van der Waals surface area contributed by atoms with Gasteiger partial charge in [-0.15, -0.1) is 0 Å². The van der Waals surface area contributed by atoms with Crippen LogP contribution in [0.1, 0.15) is 23.2 Å². The van der Waals surface area contributed by atoms with E-state index < -0.39 is 0 Å². The number of hydrogen-bond donors (Lipinski definition) is 1. The van der Waals surface area contributed by atoms with E-state index in [1.54, 1.807) is 12.4 Å². The molecule has 1 unspecified atom stereocenters. The van der Waals surface area contributed by atoms with Gasteiger partial charge in [-0.1, -0.05) is 0 Å². The Morgan fingerprint density at radius 3 is 2.83 bits per heavy atom. The molecule has 1 amide bonds. The molecule has 5 heteroatoms. The van der Waals surface area contributed by atoms with Crippen LogP contribution in [0.4, 0.5) is 0 Å². The van der Waals surface area contributed by atoms with Crippen molar-refractivity contribution in [2.24, 2.45) is 5.92 Å². The third kappa shape index (κ3) is 4.11. The molecule has 0 spiro atoms. The number of rotatable bonds is 5. The molecule has 0 radical (unpaired) electrons. The van der Waals surface area contributed by atoms with E-state index in [0.717, 1.165) is 26.1 Å². The maximum Gasteiger partial charge on any atom is 0.253 e. The third-order valence-corrected chi connectivity index (χ3v) is 4.27. The molecule has 24 heavy (non-hydrogen) atoms. The molecule has 0 saturated carbocycles. The van der Waals surface area contributed by atoms with Gasteiger partial charge in [0.2, 0.25) is 0 Å². The lowest BCUT2D eigenvalue weighted by Gasteiger charge is -2.32. The van der Waals surface area contributed by atoms with Crippen molar-refractivity contribution in [1.29, 1.82) is 0 Å². The van der Waals surface area contributed by atoms with Crippen LogP contribution < -0.4 is 10.1 Å². The monoisotopic (exact) mass is 325 g/mol. The molecule has 126 valence electrons. The zero-order valence-corrected chi connectivity index (χ0v) is 13.9. The molecule has 1 fully saturated rings. The summed E-state index contributed by atoms with van der Waals surface area (Å²) in [5.41, 5.74) is 0.707. The van der Waals surface area contributed by atoms with Gasteiger partial charge < -0.3 is 15.0 Å². The van der Waals surface area contributed by atoms with Crippen LogP contribution >= 0.6 is 0 Å². The Balaban J connectivity index is 1.63. The van der Waals surface area contributed by atoms with Gasteiger partial charge in [0.25, 0.3) is 5.91 Å². The van der Waals surface area contributed by atoms with Gasteiger partial charge in [0.1, 0.15) is 11.5 Å². The molecule has 3 rings (SSSR count).